The van der Waals surface area contributed by atoms with Gasteiger partial charge in [0.2, 0.25) is 11.8 Å². The van der Waals surface area contributed by atoms with E-state index in [0.717, 1.165) is 19.3 Å². The topological polar surface area (TPSA) is 63.4 Å². The first kappa shape index (κ1) is 12.6. The molecule has 2 N–H and O–H groups in total. The van der Waals surface area contributed by atoms with Gasteiger partial charge in [-0.25, -0.2) is 0 Å². The number of carbonyl (C=O) groups excluding carboxylic acids is 2. The molecule has 1 aliphatic heterocycles. The van der Waals surface area contributed by atoms with Gasteiger partial charge in [0.15, 0.2) is 0 Å². The van der Waals surface area contributed by atoms with Crippen LogP contribution in [0, 0.1) is 17.3 Å². The predicted octanol–water partition coefficient (Wildman–Crippen LogP) is 1.14. The molecule has 17 heavy (non-hydrogen) atoms. The van der Waals surface area contributed by atoms with Crippen molar-refractivity contribution in [3.8, 4) is 0 Å². The fourth-order valence-electron chi connectivity index (χ4n) is 3.12. The molecule has 2 rings (SSSR count). The lowest BCUT2D eigenvalue weighted by atomic mass is 10.0. The normalized spacial score (nSPS) is 31.6. The molecule has 0 aromatic rings. The van der Waals surface area contributed by atoms with Crippen LogP contribution < -0.4 is 5.73 Å². The van der Waals surface area contributed by atoms with Crippen molar-refractivity contribution in [3.63, 3.8) is 0 Å². The Kier molecular flexibility index (Phi) is 3.02. The Hall–Kier alpha value is -0.900. The summed E-state index contributed by atoms with van der Waals surface area (Å²) in [5.74, 6) is -0.135. The number of fused-ring (bicyclic) bond motifs is 1. The van der Waals surface area contributed by atoms with Gasteiger partial charge in [-0.1, -0.05) is 33.6 Å². The van der Waals surface area contributed by atoms with Crippen LogP contribution in [0.2, 0.25) is 0 Å². The van der Waals surface area contributed by atoms with Crippen LogP contribution in [0.5, 0.6) is 0 Å². The van der Waals surface area contributed by atoms with Gasteiger partial charge < -0.3 is 5.73 Å². The molecular formula is C13H22N2O2. The molecule has 0 aromatic carbocycles. The highest BCUT2D eigenvalue weighted by atomic mass is 16.2. The molecule has 4 heteroatoms. The van der Waals surface area contributed by atoms with Gasteiger partial charge in [-0.05, 0) is 11.8 Å². The van der Waals surface area contributed by atoms with Crippen molar-refractivity contribution in [1.82, 2.24) is 4.90 Å². The van der Waals surface area contributed by atoms with Gasteiger partial charge in [0, 0.05) is 6.54 Å². The fraction of sp³-hybridized carbons (Fsp3) is 0.846. The van der Waals surface area contributed by atoms with Crippen LogP contribution in [0.15, 0.2) is 0 Å². The Morgan fingerprint density at radius 2 is 1.82 bits per heavy atom. The van der Waals surface area contributed by atoms with Gasteiger partial charge >= 0.3 is 0 Å². The number of hydrogen-bond acceptors (Lipinski definition) is 3. The maximum atomic E-state index is 12.2. The summed E-state index contributed by atoms with van der Waals surface area (Å²) < 4.78 is 0. The summed E-state index contributed by atoms with van der Waals surface area (Å²) >= 11 is 0. The molecule has 3 atom stereocenters. The molecule has 2 aliphatic rings. The van der Waals surface area contributed by atoms with E-state index in [2.05, 4.69) is 6.92 Å². The van der Waals surface area contributed by atoms with Crippen molar-refractivity contribution in [2.24, 2.45) is 23.0 Å². The summed E-state index contributed by atoms with van der Waals surface area (Å²) in [6.07, 6.45) is 2.91. The third kappa shape index (κ3) is 1.69. The second-order valence-electron chi connectivity index (χ2n) is 5.85. The van der Waals surface area contributed by atoms with E-state index in [0.29, 0.717) is 6.54 Å². The average molecular weight is 238 g/mol. The molecule has 2 fully saturated rings. The number of hydrogen-bond donors (Lipinski definition) is 1. The number of carbonyl (C=O) groups is 2. The number of amides is 2. The molecule has 1 saturated carbocycles. The zero-order valence-electron chi connectivity index (χ0n) is 10.9. The molecular weight excluding hydrogens is 216 g/mol. The van der Waals surface area contributed by atoms with Gasteiger partial charge in [0.05, 0.1) is 17.9 Å². The maximum Gasteiger partial charge on any atom is 0.233 e. The lowest BCUT2D eigenvalue weighted by Crippen LogP contribution is -2.47. The van der Waals surface area contributed by atoms with Gasteiger partial charge in [-0.15, -0.1) is 0 Å². The summed E-state index contributed by atoms with van der Waals surface area (Å²) in [7, 11) is 0. The first-order valence-electron chi connectivity index (χ1n) is 6.53. The second kappa shape index (κ2) is 4.09. The number of unbranched alkanes of at least 4 members (excludes halogenated alkanes) is 1. The molecule has 1 saturated heterocycles. The standard InChI is InChI=1S/C13H22N2O2/c1-4-5-6-8(7-14)15-11(16)9-10(12(15)17)13(9,2)3/h8-10H,4-7,14H2,1-3H3. The minimum absolute atomic E-state index is 0.0107. The van der Waals surface area contributed by atoms with Gasteiger partial charge in [-0.2, -0.15) is 0 Å². The largest absolute Gasteiger partial charge is 0.328 e. The Morgan fingerprint density at radius 1 is 1.29 bits per heavy atom. The Balaban J connectivity index is 2.09. The first-order valence-corrected chi connectivity index (χ1v) is 6.53. The van der Waals surface area contributed by atoms with E-state index in [4.69, 9.17) is 5.73 Å². The van der Waals surface area contributed by atoms with Crippen LogP contribution in [0.4, 0.5) is 0 Å². The third-order valence-corrected chi connectivity index (χ3v) is 4.36. The average Bonchev–Trinajstić information content (AvgIpc) is 2.74. The summed E-state index contributed by atoms with van der Waals surface area (Å²) in [6, 6.07) is -0.0847. The van der Waals surface area contributed by atoms with Crippen LogP contribution in [0.1, 0.15) is 40.0 Å². The molecule has 1 heterocycles. The molecule has 0 aromatic heterocycles. The van der Waals surface area contributed by atoms with Crippen LogP contribution in [0.25, 0.3) is 0 Å². The number of nitrogens with zero attached hydrogens (tertiary/aromatic N) is 1. The Labute approximate surface area is 103 Å². The second-order valence-corrected chi connectivity index (χ2v) is 5.85. The number of likely N-dealkylation sites (tertiary alicyclic amines) is 1. The van der Waals surface area contributed by atoms with E-state index < -0.39 is 0 Å². The monoisotopic (exact) mass is 238 g/mol. The molecule has 96 valence electrons. The van der Waals surface area contributed by atoms with Crippen LogP contribution in [0.3, 0.4) is 0 Å². The van der Waals surface area contributed by atoms with Crippen molar-refractivity contribution in [3.05, 3.63) is 0 Å². The summed E-state index contributed by atoms with van der Waals surface area (Å²) in [6.45, 7) is 6.48. The van der Waals surface area contributed by atoms with Crippen molar-refractivity contribution < 1.29 is 9.59 Å². The van der Waals surface area contributed by atoms with Crippen molar-refractivity contribution >= 4 is 11.8 Å². The zero-order chi connectivity index (χ0) is 12.8. The molecule has 4 nitrogen and oxygen atoms in total. The SMILES string of the molecule is CCCCC(CN)N1C(=O)C2C(C1=O)C2(C)C. The molecule has 3 unspecified atom stereocenters. The van der Waals surface area contributed by atoms with Gasteiger partial charge in [0.1, 0.15) is 0 Å². The first-order chi connectivity index (χ1) is 7.96. The molecule has 0 radical (unpaired) electrons. The lowest BCUT2D eigenvalue weighted by molar-refractivity contribution is -0.145. The number of piperidine rings is 1. The Morgan fingerprint density at radius 3 is 2.24 bits per heavy atom. The van der Waals surface area contributed by atoms with E-state index in [1.165, 1.54) is 4.90 Å². The zero-order valence-corrected chi connectivity index (χ0v) is 10.9. The minimum atomic E-state index is -0.116. The van der Waals surface area contributed by atoms with Crippen molar-refractivity contribution in [2.75, 3.05) is 6.54 Å². The molecule has 2 amide bonds. The van der Waals surface area contributed by atoms with Crippen molar-refractivity contribution in [2.45, 2.75) is 46.1 Å². The highest BCUT2D eigenvalue weighted by molar-refractivity contribution is 6.10. The number of imide groups is 1. The van der Waals surface area contributed by atoms with E-state index >= 15 is 0 Å². The Bertz CT molecular complexity index is 327. The quantitative estimate of drug-likeness (QED) is 0.731. The van der Waals surface area contributed by atoms with Crippen LogP contribution in [-0.2, 0) is 9.59 Å². The highest BCUT2D eigenvalue weighted by Gasteiger charge is 2.72. The highest BCUT2D eigenvalue weighted by Crippen LogP contribution is 2.63. The van der Waals surface area contributed by atoms with Crippen LogP contribution in [-0.4, -0.2) is 29.3 Å². The van der Waals surface area contributed by atoms with Crippen molar-refractivity contribution in [1.29, 1.82) is 0 Å². The third-order valence-electron chi connectivity index (χ3n) is 4.36. The van der Waals surface area contributed by atoms with Crippen LogP contribution >= 0.6 is 0 Å². The predicted molar refractivity (Wildman–Crippen MR) is 65.0 cm³/mol. The maximum absolute atomic E-state index is 12.2. The molecule has 1 aliphatic carbocycles. The molecule has 0 bridgehead atoms. The van der Waals surface area contributed by atoms with E-state index in [1.807, 2.05) is 13.8 Å². The summed E-state index contributed by atoms with van der Waals surface area (Å²) in [5.41, 5.74) is 5.58. The summed E-state index contributed by atoms with van der Waals surface area (Å²) in [5, 5.41) is 0. The molecule has 0 spiro atoms. The number of rotatable bonds is 5. The number of nitrogens with two attached hydrogens (primary N) is 1. The fourth-order valence-corrected chi connectivity index (χ4v) is 3.12. The van der Waals surface area contributed by atoms with E-state index in [1.54, 1.807) is 0 Å². The van der Waals surface area contributed by atoms with E-state index in [-0.39, 0.29) is 35.1 Å². The smallest absolute Gasteiger partial charge is 0.233 e. The minimum Gasteiger partial charge on any atom is -0.328 e. The van der Waals surface area contributed by atoms with E-state index in [9.17, 15) is 9.59 Å². The lowest BCUT2D eigenvalue weighted by Gasteiger charge is -2.28. The summed E-state index contributed by atoms with van der Waals surface area (Å²) in [4.78, 5) is 25.8. The van der Waals surface area contributed by atoms with Gasteiger partial charge in [0.25, 0.3) is 0 Å². The van der Waals surface area contributed by atoms with Gasteiger partial charge in [-0.3, -0.25) is 14.5 Å².